The summed E-state index contributed by atoms with van der Waals surface area (Å²) in [5.41, 5.74) is 2.40. The topological polar surface area (TPSA) is 49.3 Å². The Balaban J connectivity index is 2.15. The lowest BCUT2D eigenvalue weighted by atomic mass is 9.99. The van der Waals surface area contributed by atoms with Crippen molar-refractivity contribution < 1.29 is 9.90 Å². The Kier molecular flexibility index (Phi) is 2.97. The smallest absolute Gasteiger partial charge is 0.306 e. The highest BCUT2D eigenvalue weighted by molar-refractivity contribution is 5.73. The third-order valence-electron chi connectivity index (χ3n) is 3.30. The number of carboxylic acid groups (broad SMARTS) is 1. The summed E-state index contributed by atoms with van der Waals surface area (Å²) < 4.78 is 0. The van der Waals surface area contributed by atoms with Crippen LogP contribution >= 0.6 is 0 Å². The number of rotatable bonds is 4. The van der Waals surface area contributed by atoms with Crippen molar-refractivity contribution in [1.82, 2.24) is 5.32 Å². The third-order valence-corrected chi connectivity index (χ3v) is 3.30. The molecule has 1 aromatic carbocycles. The number of hydrogen-bond acceptors (Lipinski definition) is 2. The van der Waals surface area contributed by atoms with Crippen LogP contribution in [0.25, 0.3) is 0 Å². The lowest BCUT2D eigenvalue weighted by Gasteiger charge is -2.16. The minimum absolute atomic E-state index is 0.168. The van der Waals surface area contributed by atoms with Gasteiger partial charge in [-0.15, -0.1) is 0 Å². The van der Waals surface area contributed by atoms with Crippen molar-refractivity contribution in [1.29, 1.82) is 0 Å². The largest absolute Gasteiger partial charge is 0.481 e. The van der Waals surface area contributed by atoms with Gasteiger partial charge in [0.1, 0.15) is 0 Å². The van der Waals surface area contributed by atoms with E-state index in [0.717, 1.165) is 6.42 Å². The van der Waals surface area contributed by atoms with E-state index in [1.165, 1.54) is 11.1 Å². The van der Waals surface area contributed by atoms with Gasteiger partial charge < -0.3 is 10.4 Å². The van der Waals surface area contributed by atoms with E-state index in [1.807, 2.05) is 13.1 Å². The first-order valence-electron chi connectivity index (χ1n) is 5.60. The molecule has 0 aliphatic heterocycles. The molecule has 0 radical (unpaired) electrons. The fourth-order valence-corrected chi connectivity index (χ4v) is 2.36. The maximum absolute atomic E-state index is 10.9. The van der Waals surface area contributed by atoms with Crippen molar-refractivity contribution in [3.05, 3.63) is 35.4 Å². The summed E-state index contributed by atoms with van der Waals surface area (Å²) in [5, 5.41) is 12.2. The van der Waals surface area contributed by atoms with Crippen LogP contribution in [0.3, 0.4) is 0 Å². The predicted octanol–water partition coefficient (Wildman–Crippen LogP) is 1.98. The Bertz CT molecular complexity index is 403. The van der Waals surface area contributed by atoms with Gasteiger partial charge in [-0.1, -0.05) is 29.8 Å². The molecule has 0 spiro atoms. The molecular formula is C13H17NO2. The lowest BCUT2D eigenvalue weighted by molar-refractivity contribution is -0.138. The molecule has 0 amide bonds. The molecule has 3 unspecified atom stereocenters. The molecule has 0 bridgehead atoms. The average molecular weight is 219 g/mol. The van der Waals surface area contributed by atoms with Gasteiger partial charge in [-0.3, -0.25) is 4.79 Å². The van der Waals surface area contributed by atoms with Gasteiger partial charge in [0.2, 0.25) is 0 Å². The summed E-state index contributed by atoms with van der Waals surface area (Å²) in [4.78, 5) is 10.9. The minimum atomic E-state index is -0.669. The number of aliphatic carboxylic acids is 1. The molecule has 3 heteroatoms. The zero-order valence-corrected chi connectivity index (χ0v) is 9.60. The van der Waals surface area contributed by atoms with Crippen molar-refractivity contribution in [2.75, 3.05) is 7.05 Å². The standard InChI is InChI=1S/C13H17NO2/c1-8-4-3-5-9(6-8)12(14-2)10-7-11(10)13(15)16/h3-6,10-12,14H,7H2,1-2H3,(H,15,16). The Hall–Kier alpha value is -1.35. The summed E-state index contributed by atoms with van der Waals surface area (Å²) in [5.74, 6) is -0.597. The van der Waals surface area contributed by atoms with Crippen LogP contribution in [0.5, 0.6) is 0 Å². The molecule has 1 aliphatic carbocycles. The first kappa shape index (κ1) is 11.1. The number of nitrogens with one attached hydrogen (secondary N) is 1. The van der Waals surface area contributed by atoms with Gasteiger partial charge in [0, 0.05) is 6.04 Å². The molecule has 1 saturated carbocycles. The van der Waals surface area contributed by atoms with Gasteiger partial charge in [-0.05, 0) is 31.9 Å². The van der Waals surface area contributed by atoms with Crippen LogP contribution < -0.4 is 5.32 Å². The van der Waals surface area contributed by atoms with E-state index in [-0.39, 0.29) is 17.9 Å². The quantitative estimate of drug-likeness (QED) is 0.814. The molecule has 16 heavy (non-hydrogen) atoms. The second-order valence-corrected chi connectivity index (χ2v) is 4.52. The van der Waals surface area contributed by atoms with Crippen molar-refractivity contribution in [3.8, 4) is 0 Å². The second kappa shape index (κ2) is 4.26. The molecule has 1 aromatic rings. The maximum atomic E-state index is 10.9. The van der Waals surface area contributed by atoms with Gasteiger partial charge in [0.15, 0.2) is 0 Å². The van der Waals surface area contributed by atoms with Gasteiger partial charge >= 0.3 is 5.97 Å². The normalized spacial score (nSPS) is 25.1. The van der Waals surface area contributed by atoms with Crippen molar-refractivity contribution in [3.63, 3.8) is 0 Å². The molecule has 1 fully saturated rings. The van der Waals surface area contributed by atoms with Crippen molar-refractivity contribution >= 4 is 5.97 Å². The Morgan fingerprint density at radius 1 is 1.56 bits per heavy atom. The Labute approximate surface area is 95.5 Å². The van der Waals surface area contributed by atoms with Crippen LogP contribution in [0, 0.1) is 18.8 Å². The SMILES string of the molecule is CNC(c1cccc(C)c1)C1CC1C(=O)O. The van der Waals surface area contributed by atoms with Crippen LogP contribution in [0.4, 0.5) is 0 Å². The molecule has 2 N–H and O–H groups in total. The third kappa shape index (κ3) is 2.09. The molecule has 2 rings (SSSR count). The van der Waals surface area contributed by atoms with Crippen LogP contribution in [0.1, 0.15) is 23.6 Å². The van der Waals surface area contributed by atoms with E-state index in [1.54, 1.807) is 0 Å². The van der Waals surface area contributed by atoms with Crippen LogP contribution in [0.2, 0.25) is 0 Å². The number of carbonyl (C=O) groups is 1. The molecule has 0 aromatic heterocycles. The zero-order chi connectivity index (χ0) is 11.7. The zero-order valence-electron chi connectivity index (χ0n) is 9.60. The summed E-state index contributed by atoms with van der Waals surface area (Å²) in [6.45, 7) is 2.05. The van der Waals surface area contributed by atoms with Gasteiger partial charge in [-0.25, -0.2) is 0 Å². The van der Waals surface area contributed by atoms with Gasteiger partial charge in [-0.2, -0.15) is 0 Å². The van der Waals surface area contributed by atoms with Crippen molar-refractivity contribution in [2.24, 2.45) is 11.8 Å². The molecule has 0 heterocycles. The molecular weight excluding hydrogens is 202 g/mol. The van der Waals surface area contributed by atoms with Gasteiger partial charge in [0.25, 0.3) is 0 Å². The average Bonchev–Trinajstić information content (AvgIpc) is 2.99. The van der Waals surface area contributed by atoms with E-state index >= 15 is 0 Å². The van der Waals surface area contributed by atoms with E-state index in [0.29, 0.717) is 0 Å². The second-order valence-electron chi connectivity index (χ2n) is 4.52. The summed E-state index contributed by atoms with van der Waals surface area (Å²) in [6.07, 6.45) is 0.786. The van der Waals surface area contributed by atoms with E-state index in [2.05, 4.69) is 30.4 Å². The van der Waals surface area contributed by atoms with Crippen molar-refractivity contribution in [2.45, 2.75) is 19.4 Å². The maximum Gasteiger partial charge on any atom is 0.306 e. The highest BCUT2D eigenvalue weighted by Gasteiger charge is 2.47. The minimum Gasteiger partial charge on any atom is -0.481 e. The van der Waals surface area contributed by atoms with E-state index in [9.17, 15) is 4.79 Å². The molecule has 3 nitrogen and oxygen atoms in total. The lowest BCUT2D eigenvalue weighted by Crippen LogP contribution is -2.20. The van der Waals surface area contributed by atoms with E-state index < -0.39 is 5.97 Å². The number of carboxylic acids is 1. The molecule has 1 aliphatic rings. The Morgan fingerprint density at radius 2 is 2.31 bits per heavy atom. The highest BCUT2D eigenvalue weighted by Crippen LogP contribution is 2.47. The predicted molar refractivity (Wildman–Crippen MR) is 62.2 cm³/mol. The number of benzene rings is 1. The van der Waals surface area contributed by atoms with Crippen LogP contribution in [-0.2, 0) is 4.79 Å². The highest BCUT2D eigenvalue weighted by atomic mass is 16.4. The number of hydrogen-bond donors (Lipinski definition) is 2. The van der Waals surface area contributed by atoms with Crippen LogP contribution in [-0.4, -0.2) is 18.1 Å². The summed E-state index contributed by atoms with van der Waals surface area (Å²) in [7, 11) is 1.89. The first-order chi connectivity index (χ1) is 7.63. The monoisotopic (exact) mass is 219 g/mol. The molecule has 3 atom stereocenters. The molecule has 86 valence electrons. The Morgan fingerprint density at radius 3 is 2.81 bits per heavy atom. The molecule has 0 saturated heterocycles. The van der Waals surface area contributed by atoms with E-state index in [4.69, 9.17) is 5.11 Å². The van der Waals surface area contributed by atoms with Gasteiger partial charge in [0.05, 0.1) is 5.92 Å². The van der Waals surface area contributed by atoms with Crippen LogP contribution in [0.15, 0.2) is 24.3 Å². The summed E-state index contributed by atoms with van der Waals surface area (Å²) in [6, 6.07) is 8.43. The number of aryl methyl sites for hydroxylation is 1. The summed E-state index contributed by atoms with van der Waals surface area (Å²) >= 11 is 0. The fourth-order valence-electron chi connectivity index (χ4n) is 2.36. The fraction of sp³-hybridized carbons (Fsp3) is 0.462. The first-order valence-corrected chi connectivity index (χ1v) is 5.60.